The third-order valence-corrected chi connectivity index (χ3v) is 9.04. The Morgan fingerprint density at radius 1 is 1.21 bits per heavy atom. The summed E-state index contributed by atoms with van der Waals surface area (Å²) < 4.78 is 17.7. The zero-order valence-corrected chi connectivity index (χ0v) is 25.4. The van der Waals surface area contributed by atoms with E-state index in [0.29, 0.717) is 71.4 Å². The molecule has 240 valence electrons. The molecule has 2 N–H and O–H groups in total. The first-order valence-corrected chi connectivity index (χ1v) is 15.6. The number of carbonyl (C=O) groups is 4. The first-order chi connectivity index (χ1) is 20.8. The third kappa shape index (κ3) is 7.30. The number of rotatable bonds is 17. The molecule has 12 nitrogen and oxygen atoms in total. The van der Waals surface area contributed by atoms with Crippen LogP contribution in [0.3, 0.4) is 0 Å². The summed E-state index contributed by atoms with van der Waals surface area (Å²) in [6, 6.07) is -0.877. The van der Waals surface area contributed by atoms with Crippen molar-refractivity contribution in [2.75, 3.05) is 65.6 Å². The summed E-state index contributed by atoms with van der Waals surface area (Å²) in [5, 5.41) is 12.2. The molecule has 0 aromatic rings. The van der Waals surface area contributed by atoms with E-state index in [-0.39, 0.29) is 37.4 Å². The van der Waals surface area contributed by atoms with E-state index in [1.165, 1.54) is 0 Å². The largest absolute Gasteiger partial charge is 0.460 e. The number of amides is 3. The van der Waals surface area contributed by atoms with Gasteiger partial charge in [-0.2, -0.15) is 0 Å². The predicted octanol–water partition coefficient (Wildman–Crippen LogP) is 0.494. The Kier molecular flexibility index (Phi) is 11.8. The fourth-order valence-corrected chi connectivity index (χ4v) is 6.94. The number of hydrogen-bond acceptors (Lipinski definition) is 9. The van der Waals surface area contributed by atoms with Crippen molar-refractivity contribution in [2.24, 2.45) is 11.8 Å². The Bertz CT molecular complexity index is 1030. The molecule has 0 aromatic heterocycles. The lowest BCUT2D eigenvalue weighted by molar-refractivity contribution is -0.159. The number of esters is 1. The van der Waals surface area contributed by atoms with E-state index in [9.17, 15) is 24.3 Å². The van der Waals surface area contributed by atoms with Crippen molar-refractivity contribution in [1.82, 2.24) is 20.0 Å². The van der Waals surface area contributed by atoms with Crippen molar-refractivity contribution >= 4 is 23.7 Å². The van der Waals surface area contributed by atoms with Crippen LogP contribution in [0.2, 0.25) is 0 Å². The van der Waals surface area contributed by atoms with Crippen LogP contribution < -0.4 is 5.32 Å². The van der Waals surface area contributed by atoms with Gasteiger partial charge in [0.25, 0.3) is 0 Å². The summed E-state index contributed by atoms with van der Waals surface area (Å²) in [5.74, 6) is -2.86. The number of allylic oxidation sites excluding steroid dienone is 1. The quantitative estimate of drug-likeness (QED) is 0.138. The van der Waals surface area contributed by atoms with Crippen LogP contribution in [-0.2, 0) is 33.4 Å². The topological polar surface area (TPSA) is 138 Å². The fraction of sp³-hybridized carbons (Fsp3) is 0.742. The molecular weight excluding hydrogens is 556 g/mol. The zero-order valence-electron chi connectivity index (χ0n) is 25.4. The van der Waals surface area contributed by atoms with Gasteiger partial charge in [0.1, 0.15) is 17.7 Å². The molecule has 6 atom stereocenters. The minimum absolute atomic E-state index is 0.0209. The molecule has 3 amide bonds. The van der Waals surface area contributed by atoms with Crippen molar-refractivity contribution in [1.29, 1.82) is 0 Å². The normalized spacial score (nSPS) is 28.8. The van der Waals surface area contributed by atoms with Crippen LogP contribution in [0.1, 0.15) is 45.4 Å². The summed E-state index contributed by atoms with van der Waals surface area (Å²) in [4.78, 5) is 59.5. The van der Waals surface area contributed by atoms with E-state index in [4.69, 9.17) is 14.2 Å². The van der Waals surface area contributed by atoms with Gasteiger partial charge >= 0.3 is 5.97 Å². The van der Waals surface area contributed by atoms with Gasteiger partial charge in [-0.1, -0.05) is 12.2 Å². The average molecular weight is 605 g/mol. The minimum Gasteiger partial charge on any atom is -0.460 e. The van der Waals surface area contributed by atoms with Crippen LogP contribution in [0.15, 0.2) is 25.3 Å². The highest BCUT2D eigenvalue weighted by Crippen LogP contribution is 2.58. The minimum atomic E-state index is -1.12. The van der Waals surface area contributed by atoms with Gasteiger partial charge in [0.05, 0.1) is 37.7 Å². The Hall–Kier alpha value is -2.80. The first kappa shape index (κ1) is 33.1. The predicted molar refractivity (Wildman–Crippen MR) is 158 cm³/mol. The molecule has 4 fully saturated rings. The second-order valence-electron chi connectivity index (χ2n) is 11.9. The Morgan fingerprint density at radius 2 is 1.98 bits per heavy atom. The van der Waals surface area contributed by atoms with Gasteiger partial charge in [0, 0.05) is 52.3 Å². The van der Waals surface area contributed by atoms with Gasteiger partial charge in [-0.3, -0.25) is 24.1 Å². The van der Waals surface area contributed by atoms with Crippen molar-refractivity contribution in [2.45, 2.75) is 69.3 Å². The molecule has 0 aliphatic carbocycles. The molecule has 0 unspecified atom stereocenters. The number of hydrogen-bond donors (Lipinski definition) is 2. The summed E-state index contributed by atoms with van der Waals surface area (Å²) in [7, 11) is 0. The molecule has 0 aromatic carbocycles. The number of aliphatic hydroxyl groups excluding tert-OH is 1. The number of nitrogens with one attached hydrogen (secondary N) is 1. The summed E-state index contributed by atoms with van der Waals surface area (Å²) in [6.45, 7) is 13.9. The number of aliphatic hydroxyl groups is 1. The summed E-state index contributed by atoms with van der Waals surface area (Å²) >= 11 is 0. The maximum Gasteiger partial charge on any atom is 0.312 e. The van der Waals surface area contributed by atoms with Crippen LogP contribution in [0.5, 0.6) is 0 Å². The smallest absolute Gasteiger partial charge is 0.312 e. The number of morpholine rings is 1. The second-order valence-corrected chi connectivity index (χ2v) is 11.9. The SMILES string of the molecule is C=CCCC(=O)NC[C@@H](C)OC(=O)[C@@H]1[C@@H]2CC[C@]3(O2)[C@H](C(=O)N(CC=C)CCN2CCOCC2)N(CCCCO)C(=O)[C@@H]13. The molecular formula is C31H48N4O8. The molecule has 4 aliphatic heterocycles. The number of unbranched alkanes of at least 4 members (excludes halogenated alkanes) is 1. The highest BCUT2D eigenvalue weighted by Gasteiger charge is 2.75. The van der Waals surface area contributed by atoms with Crippen LogP contribution in [0, 0.1) is 11.8 Å². The van der Waals surface area contributed by atoms with Gasteiger partial charge in [-0.05, 0) is 39.0 Å². The number of ether oxygens (including phenoxy) is 3. The number of carbonyl (C=O) groups excluding carboxylic acids is 4. The van der Waals surface area contributed by atoms with Crippen LogP contribution in [0.4, 0.5) is 0 Å². The fourth-order valence-electron chi connectivity index (χ4n) is 6.94. The Morgan fingerprint density at radius 3 is 2.67 bits per heavy atom. The maximum absolute atomic E-state index is 14.3. The van der Waals surface area contributed by atoms with Crippen molar-refractivity contribution in [3.63, 3.8) is 0 Å². The molecule has 43 heavy (non-hydrogen) atoms. The van der Waals surface area contributed by atoms with Crippen LogP contribution in [0.25, 0.3) is 0 Å². The molecule has 12 heteroatoms. The molecule has 4 saturated heterocycles. The van der Waals surface area contributed by atoms with E-state index >= 15 is 0 Å². The molecule has 1 spiro atoms. The van der Waals surface area contributed by atoms with Crippen molar-refractivity contribution in [3.05, 3.63) is 25.3 Å². The lowest BCUT2D eigenvalue weighted by Gasteiger charge is -2.37. The van der Waals surface area contributed by atoms with Crippen LogP contribution in [-0.4, -0.2) is 133 Å². The monoisotopic (exact) mass is 604 g/mol. The average Bonchev–Trinajstić information content (AvgIpc) is 3.65. The molecule has 4 rings (SSSR count). The van der Waals surface area contributed by atoms with E-state index in [2.05, 4.69) is 23.4 Å². The number of likely N-dealkylation sites (tertiary alicyclic amines) is 1. The standard InChI is InChI=1S/C31H48N4O8/c1-4-6-9-24(37)32-21-22(3)42-30(40)25-23-10-11-31(43-23)26(25)28(38)35(13-7-8-18-36)27(31)29(39)34(12-5-2)15-14-33-16-19-41-20-17-33/h4-5,22-23,25-27,36H,1-2,6-21H2,3H3,(H,32,37)/t22-,23+,25-,26-,27+,31-/m1/s1. The molecule has 0 saturated carbocycles. The van der Waals surface area contributed by atoms with E-state index in [1.54, 1.807) is 28.9 Å². The summed E-state index contributed by atoms with van der Waals surface area (Å²) in [6.07, 6.45) is 5.12. The molecule has 4 heterocycles. The second kappa shape index (κ2) is 15.3. The van der Waals surface area contributed by atoms with E-state index < -0.39 is 41.7 Å². The molecule has 2 bridgehead atoms. The van der Waals surface area contributed by atoms with Crippen molar-refractivity contribution in [3.8, 4) is 0 Å². The Labute approximate surface area is 254 Å². The van der Waals surface area contributed by atoms with Gasteiger partial charge in [-0.25, -0.2) is 0 Å². The van der Waals surface area contributed by atoms with E-state index in [1.807, 2.05) is 0 Å². The van der Waals surface area contributed by atoms with E-state index in [0.717, 1.165) is 13.1 Å². The van der Waals surface area contributed by atoms with Gasteiger partial charge < -0.3 is 34.4 Å². The molecule has 0 radical (unpaired) electrons. The Balaban J connectivity index is 1.51. The maximum atomic E-state index is 14.3. The van der Waals surface area contributed by atoms with Crippen LogP contribution >= 0.6 is 0 Å². The lowest BCUT2D eigenvalue weighted by Crippen LogP contribution is -2.57. The lowest BCUT2D eigenvalue weighted by atomic mass is 9.70. The zero-order chi connectivity index (χ0) is 31.0. The summed E-state index contributed by atoms with van der Waals surface area (Å²) in [5.41, 5.74) is -1.12. The third-order valence-electron chi connectivity index (χ3n) is 9.04. The number of nitrogens with zero attached hydrogens (tertiary/aromatic N) is 3. The van der Waals surface area contributed by atoms with Gasteiger partial charge in [0.15, 0.2) is 0 Å². The van der Waals surface area contributed by atoms with Gasteiger partial charge in [0.2, 0.25) is 17.7 Å². The highest BCUT2D eigenvalue weighted by molar-refractivity contribution is 5.98. The number of fused-ring (bicyclic) bond motifs is 1. The van der Waals surface area contributed by atoms with Crippen molar-refractivity contribution < 1.29 is 38.5 Å². The highest BCUT2D eigenvalue weighted by atomic mass is 16.6. The van der Waals surface area contributed by atoms with Gasteiger partial charge in [-0.15, -0.1) is 13.2 Å². The molecule has 4 aliphatic rings. The first-order valence-electron chi connectivity index (χ1n) is 15.6.